The summed E-state index contributed by atoms with van der Waals surface area (Å²) in [4.78, 5) is 9.99. The predicted molar refractivity (Wildman–Crippen MR) is 50.0 cm³/mol. The Morgan fingerprint density at radius 1 is 1.33 bits per heavy atom. The molecule has 0 spiro atoms. The maximum atomic E-state index is 9.99. The molecule has 0 aliphatic carbocycles. The molecule has 0 amide bonds. The Morgan fingerprint density at radius 3 is 2.67 bits per heavy atom. The van der Waals surface area contributed by atoms with Crippen molar-refractivity contribution in [3.8, 4) is 0 Å². The lowest BCUT2D eigenvalue weighted by atomic mass is 10.2. The van der Waals surface area contributed by atoms with Crippen LogP contribution in [0.5, 0.6) is 0 Å². The smallest absolute Gasteiger partial charge is 0.148 e. The Balaban J connectivity index is 3.19. The van der Waals surface area contributed by atoms with Crippen LogP contribution in [0.15, 0.2) is 12.2 Å². The molecule has 70 valence electrons. The van der Waals surface area contributed by atoms with Gasteiger partial charge in [-0.05, 0) is 19.3 Å². The van der Waals surface area contributed by atoms with E-state index in [1.807, 2.05) is 12.2 Å². The highest BCUT2D eigenvalue weighted by Crippen LogP contribution is 2.00. The lowest BCUT2D eigenvalue weighted by molar-refractivity contribution is -0.114. The minimum Gasteiger partial charge on any atom is -0.385 e. The van der Waals surface area contributed by atoms with Gasteiger partial charge >= 0.3 is 0 Å². The topological polar surface area (TPSA) is 37.3 Å². The number of aliphatic hydroxyl groups is 1. The number of carbonyl (C=O) groups is 1. The highest BCUT2D eigenvalue weighted by Gasteiger charge is 1.94. The van der Waals surface area contributed by atoms with Gasteiger partial charge in [0.25, 0.3) is 0 Å². The number of rotatable bonds is 7. The fourth-order valence-corrected chi connectivity index (χ4v) is 0.921. The van der Waals surface area contributed by atoms with E-state index in [2.05, 4.69) is 6.92 Å². The van der Waals surface area contributed by atoms with Crippen LogP contribution >= 0.6 is 0 Å². The quantitative estimate of drug-likeness (QED) is 0.361. The first-order valence-electron chi connectivity index (χ1n) is 4.59. The van der Waals surface area contributed by atoms with Gasteiger partial charge in [0.15, 0.2) is 0 Å². The van der Waals surface area contributed by atoms with Crippen LogP contribution in [0.2, 0.25) is 0 Å². The molecule has 0 aromatic rings. The molecular weight excluding hydrogens is 152 g/mol. The Bertz CT molecular complexity index is 130. The van der Waals surface area contributed by atoms with Crippen molar-refractivity contribution >= 4 is 6.29 Å². The summed E-state index contributed by atoms with van der Waals surface area (Å²) in [5.74, 6) is 0. The van der Waals surface area contributed by atoms with E-state index in [1.54, 1.807) is 0 Å². The highest BCUT2D eigenvalue weighted by atomic mass is 16.3. The summed E-state index contributed by atoms with van der Waals surface area (Å²) < 4.78 is 0. The van der Waals surface area contributed by atoms with Gasteiger partial charge in [-0.2, -0.15) is 0 Å². The molecule has 2 heteroatoms. The van der Waals surface area contributed by atoms with Crippen molar-refractivity contribution in [2.75, 3.05) is 0 Å². The van der Waals surface area contributed by atoms with E-state index in [0.717, 1.165) is 6.42 Å². The highest BCUT2D eigenvalue weighted by molar-refractivity contribution is 5.55. The molecule has 0 saturated heterocycles. The number of allylic oxidation sites excluding steroid dienone is 1. The van der Waals surface area contributed by atoms with Crippen molar-refractivity contribution in [2.45, 2.75) is 45.1 Å². The van der Waals surface area contributed by atoms with Crippen LogP contribution in [0.4, 0.5) is 0 Å². The Morgan fingerprint density at radius 2 is 2.08 bits per heavy atom. The third kappa shape index (κ3) is 7.48. The summed E-state index contributed by atoms with van der Waals surface area (Å²) in [5, 5.41) is 8.84. The molecule has 1 N–H and O–H groups in total. The number of hydrogen-bond donors (Lipinski definition) is 1. The van der Waals surface area contributed by atoms with E-state index in [9.17, 15) is 4.79 Å². The van der Waals surface area contributed by atoms with Gasteiger partial charge in [0.1, 0.15) is 12.4 Å². The van der Waals surface area contributed by atoms with Gasteiger partial charge in [-0.15, -0.1) is 0 Å². The zero-order valence-corrected chi connectivity index (χ0v) is 7.70. The predicted octanol–water partition coefficient (Wildman–Crippen LogP) is 2.07. The van der Waals surface area contributed by atoms with Crippen LogP contribution in [-0.2, 0) is 4.79 Å². The van der Waals surface area contributed by atoms with Crippen molar-refractivity contribution < 1.29 is 9.90 Å². The standard InChI is InChI=1S/C10H18O2/c1-2-3-4-5-6-7-8-10(12)9-11/h6-7,9-10,12H,2-5,8H2,1H3. The van der Waals surface area contributed by atoms with Crippen LogP contribution in [0, 0.1) is 0 Å². The van der Waals surface area contributed by atoms with E-state index < -0.39 is 6.10 Å². The molecule has 0 aliphatic rings. The van der Waals surface area contributed by atoms with Crippen LogP contribution in [0.3, 0.4) is 0 Å². The summed E-state index contributed by atoms with van der Waals surface area (Å²) in [7, 11) is 0. The average Bonchev–Trinajstić information content (AvgIpc) is 2.10. The molecule has 0 aromatic heterocycles. The molecule has 0 fully saturated rings. The van der Waals surface area contributed by atoms with E-state index in [0.29, 0.717) is 12.7 Å². The van der Waals surface area contributed by atoms with Crippen molar-refractivity contribution in [3.05, 3.63) is 12.2 Å². The van der Waals surface area contributed by atoms with Gasteiger partial charge in [0.05, 0.1) is 0 Å². The monoisotopic (exact) mass is 170 g/mol. The number of aliphatic hydroxyl groups excluding tert-OH is 1. The molecule has 0 bridgehead atoms. The first-order valence-corrected chi connectivity index (χ1v) is 4.59. The van der Waals surface area contributed by atoms with Crippen LogP contribution in [0.1, 0.15) is 39.0 Å². The summed E-state index contributed by atoms with van der Waals surface area (Å²) in [6, 6.07) is 0. The molecule has 0 rings (SSSR count). The second-order valence-corrected chi connectivity index (χ2v) is 2.91. The minimum atomic E-state index is -0.813. The Labute approximate surface area is 74.3 Å². The van der Waals surface area contributed by atoms with Crippen molar-refractivity contribution in [1.82, 2.24) is 0 Å². The largest absolute Gasteiger partial charge is 0.385 e. The van der Waals surface area contributed by atoms with E-state index >= 15 is 0 Å². The van der Waals surface area contributed by atoms with Gasteiger partial charge < -0.3 is 9.90 Å². The van der Waals surface area contributed by atoms with Crippen LogP contribution in [-0.4, -0.2) is 17.5 Å². The first kappa shape index (κ1) is 11.4. The summed E-state index contributed by atoms with van der Waals surface area (Å²) in [6.45, 7) is 2.17. The maximum absolute atomic E-state index is 9.99. The summed E-state index contributed by atoms with van der Waals surface area (Å²) in [5.41, 5.74) is 0. The second-order valence-electron chi connectivity index (χ2n) is 2.91. The molecule has 0 saturated carbocycles. The van der Waals surface area contributed by atoms with Crippen LogP contribution in [0.25, 0.3) is 0 Å². The molecule has 12 heavy (non-hydrogen) atoms. The fourth-order valence-electron chi connectivity index (χ4n) is 0.921. The molecule has 1 unspecified atom stereocenters. The molecule has 2 nitrogen and oxygen atoms in total. The number of aldehydes is 1. The maximum Gasteiger partial charge on any atom is 0.148 e. The molecular formula is C10H18O2. The number of unbranched alkanes of at least 4 members (excludes halogenated alkanes) is 3. The van der Waals surface area contributed by atoms with E-state index in [1.165, 1.54) is 19.3 Å². The number of carbonyl (C=O) groups excluding carboxylic acids is 1. The molecule has 0 aromatic carbocycles. The molecule has 0 radical (unpaired) electrons. The van der Waals surface area contributed by atoms with E-state index in [-0.39, 0.29) is 0 Å². The Kier molecular flexibility index (Phi) is 8.02. The molecule has 0 heterocycles. The van der Waals surface area contributed by atoms with Crippen molar-refractivity contribution in [3.63, 3.8) is 0 Å². The lowest BCUT2D eigenvalue weighted by Gasteiger charge is -1.95. The SMILES string of the molecule is CCCCCC=CCC(O)C=O. The van der Waals surface area contributed by atoms with Gasteiger partial charge in [0, 0.05) is 0 Å². The normalized spacial score (nSPS) is 13.5. The minimum absolute atomic E-state index is 0.454. The second kappa shape index (κ2) is 8.47. The molecule has 0 aliphatic heterocycles. The van der Waals surface area contributed by atoms with Gasteiger partial charge in [0.2, 0.25) is 0 Å². The summed E-state index contributed by atoms with van der Waals surface area (Å²) in [6.07, 6.45) is 8.84. The third-order valence-electron chi connectivity index (χ3n) is 1.68. The third-order valence-corrected chi connectivity index (χ3v) is 1.68. The van der Waals surface area contributed by atoms with Crippen LogP contribution < -0.4 is 0 Å². The fraction of sp³-hybridized carbons (Fsp3) is 0.700. The zero-order valence-electron chi connectivity index (χ0n) is 7.70. The zero-order chi connectivity index (χ0) is 9.23. The van der Waals surface area contributed by atoms with Gasteiger partial charge in [-0.25, -0.2) is 0 Å². The average molecular weight is 170 g/mol. The first-order chi connectivity index (χ1) is 5.81. The van der Waals surface area contributed by atoms with Gasteiger partial charge in [-0.1, -0.05) is 31.9 Å². The van der Waals surface area contributed by atoms with Crippen molar-refractivity contribution in [1.29, 1.82) is 0 Å². The van der Waals surface area contributed by atoms with E-state index in [4.69, 9.17) is 5.11 Å². The number of hydrogen-bond acceptors (Lipinski definition) is 2. The molecule has 1 atom stereocenters. The van der Waals surface area contributed by atoms with Crippen molar-refractivity contribution in [2.24, 2.45) is 0 Å². The Hall–Kier alpha value is -0.630. The lowest BCUT2D eigenvalue weighted by Crippen LogP contribution is -2.04. The van der Waals surface area contributed by atoms with Gasteiger partial charge in [-0.3, -0.25) is 0 Å². The summed E-state index contributed by atoms with van der Waals surface area (Å²) >= 11 is 0.